The van der Waals surface area contributed by atoms with E-state index in [0.29, 0.717) is 47.7 Å². The molecule has 4 rings (SSSR count). The zero-order valence-electron chi connectivity index (χ0n) is 20.2. The van der Waals surface area contributed by atoms with Crippen LogP contribution in [0.15, 0.2) is 23.0 Å². The van der Waals surface area contributed by atoms with Gasteiger partial charge in [-0.15, -0.1) is 0 Å². The molecule has 0 atom stereocenters. The minimum absolute atomic E-state index is 0.0305. The molecule has 1 aliphatic heterocycles. The Hall–Kier alpha value is -2.05. The predicted molar refractivity (Wildman–Crippen MR) is 135 cm³/mol. The number of carbonyl (C=O) groups is 1. The number of carbonyl (C=O) groups excluding carboxylic acids is 1. The summed E-state index contributed by atoms with van der Waals surface area (Å²) >= 11 is 13.0. The van der Waals surface area contributed by atoms with E-state index in [-0.39, 0.29) is 23.1 Å². The average Bonchev–Trinajstić information content (AvgIpc) is 3.27. The third-order valence-electron chi connectivity index (χ3n) is 7.17. The first kappa shape index (κ1) is 25.1. The molecule has 2 heterocycles. The van der Waals surface area contributed by atoms with Crippen molar-refractivity contribution in [1.82, 2.24) is 14.5 Å². The number of ether oxygens (including phenoxy) is 1. The molecule has 1 aromatic carbocycles. The van der Waals surface area contributed by atoms with Crippen LogP contribution in [0.25, 0.3) is 0 Å². The lowest BCUT2D eigenvalue weighted by molar-refractivity contribution is 0.0634. The zero-order valence-corrected chi connectivity index (χ0v) is 21.7. The third kappa shape index (κ3) is 4.72. The normalized spacial score (nSPS) is 17.4. The van der Waals surface area contributed by atoms with Crippen LogP contribution in [0.5, 0.6) is 5.75 Å². The number of fused-ring (bicyclic) bond motifs is 1. The number of hydrogen-bond donors (Lipinski definition) is 0. The van der Waals surface area contributed by atoms with Crippen molar-refractivity contribution in [1.29, 1.82) is 0 Å². The smallest absolute Gasteiger partial charge is 0.316 e. The highest BCUT2D eigenvalue weighted by atomic mass is 35.5. The van der Waals surface area contributed by atoms with Gasteiger partial charge in [-0.05, 0) is 56.9 Å². The van der Waals surface area contributed by atoms with Crippen LogP contribution in [0, 0.1) is 0 Å². The van der Waals surface area contributed by atoms with Crippen molar-refractivity contribution in [3.63, 3.8) is 0 Å². The lowest BCUT2D eigenvalue weighted by Gasteiger charge is -2.36. The maximum absolute atomic E-state index is 13.5. The van der Waals surface area contributed by atoms with E-state index in [1.54, 1.807) is 11.0 Å². The van der Waals surface area contributed by atoms with Crippen LogP contribution in [-0.4, -0.2) is 39.6 Å². The minimum Gasteiger partial charge on any atom is -0.486 e. The third-order valence-corrected chi connectivity index (χ3v) is 7.74. The van der Waals surface area contributed by atoms with Crippen LogP contribution < -0.4 is 10.3 Å². The molecule has 1 amide bonds. The number of aromatic nitrogens is 2. The van der Waals surface area contributed by atoms with Gasteiger partial charge in [0.2, 0.25) is 5.75 Å². The van der Waals surface area contributed by atoms with Crippen molar-refractivity contribution in [2.75, 3.05) is 13.2 Å². The summed E-state index contributed by atoms with van der Waals surface area (Å²) in [5, 5.41) is 1.31. The summed E-state index contributed by atoms with van der Waals surface area (Å²) < 4.78 is 7.78. The molecule has 0 saturated heterocycles. The Morgan fingerprint density at radius 3 is 2.56 bits per heavy atom. The minimum atomic E-state index is -0.471. The van der Waals surface area contributed by atoms with Gasteiger partial charge in [-0.25, -0.2) is 0 Å². The summed E-state index contributed by atoms with van der Waals surface area (Å²) in [6, 6.07) is 5.60. The summed E-state index contributed by atoms with van der Waals surface area (Å²) in [7, 11) is 0. The van der Waals surface area contributed by atoms with Gasteiger partial charge in [0.25, 0.3) is 5.91 Å². The van der Waals surface area contributed by atoms with Crippen LogP contribution in [0.3, 0.4) is 0 Å². The fourth-order valence-electron chi connectivity index (χ4n) is 5.36. The Balaban J connectivity index is 1.82. The van der Waals surface area contributed by atoms with Gasteiger partial charge in [0.05, 0.1) is 6.61 Å². The summed E-state index contributed by atoms with van der Waals surface area (Å²) in [5.74, 6) is 0.529. The van der Waals surface area contributed by atoms with Gasteiger partial charge in [0, 0.05) is 41.0 Å². The molecule has 1 aliphatic carbocycles. The highest BCUT2D eigenvalue weighted by Gasteiger charge is 2.40. The van der Waals surface area contributed by atoms with Gasteiger partial charge in [0.1, 0.15) is 5.82 Å². The first-order valence-electron chi connectivity index (χ1n) is 12.3. The van der Waals surface area contributed by atoms with E-state index in [1.165, 1.54) is 0 Å². The van der Waals surface area contributed by atoms with E-state index in [0.717, 1.165) is 44.1 Å². The van der Waals surface area contributed by atoms with E-state index in [4.69, 9.17) is 27.9 Å². The first-order chi connectivity index (χ1) is 16.3. The maximum atomic E-state index is 13.5. The molecule has 2 aromatic rings. The number of benzene rings is 1. The molecular weight excluding hydrogens is 473 g/mol. The summed E-state index contributed by atoms with van der Waals surface area (Å²) in [6.07, 6.45) is 6.26. The van der Waals surface area contributed by atoms with E-state index < -0.39 is 5.56 Å². The van der Waals surface area contributed by atoms with Gasteiger partial charge in [-0.1, -0.05) is 49.4 Å². The lowest BCUT2D eigenvalue weighted by atomic mass is 9.75. The molecule has 0 spiro atoms. The van der Waals surface area contributed by atoms with Gasteiger partial charge >= 0.3 is 5.56 Å². The average molecular weight is 506 g/mol. The van der Waals surface area contributed by atoms with Crippen LogP contribution in [0.1, 0.15) is 81.2 Å². The van der Waals surface area contributed by atoms with Gasteiger partial charge in [0.15, 0.2) is 5.69 Å². The number of unbranched alkanes of at least 4 members (excludes halogenated alkanes) is 1. The van der Waals surface area contributed by atoms with Crippen molar-refractivity contribution >= 4 is 29.1 Å². The van der Waals surface area contributed by atoms with E-state index in [9.17, 15) is 9.59 Å². The standard InChI is InChI=1S/C26H33Cl2N3O3/c1-4-5-14-34-23-22-25(33)30(17(2)3)12-13-31(22)21(29-24(23)32)16-26(10-6-7-11-26)19-15-18(27)8-9-20(19)28/h8-9,15,17H,4-7,10-14,16H2,1-3H3. The largest absolute Gasteiger partial charge is 0.486 e. The molecule has 1 saturated carbocycles. The quantitative estimate of drug-likeness (QED) is 0.435. The fraction of sp³-hybridized carbons (Fsp3) is 0.577. The molecule has 0 bridgehead atoms. The molecule has 2 aliphatic rings. The Morgan fingerprint density at radius 2 is 1.88 bits per heavy atom. The molecule has 0 N–H and O–H groups in total. The first-order valence-corrected chi connectivity index (χ1v) is 13.1. The molecule has 6 nitrogen and oxygen atoms in total. The maximum Gasteiger partial charge on any atom is 0.316 e. The van der Waals surface area contributed by atoms with Crippen molar-refractivity contribution in [2.45, 2.75) is 83.7 Å². The number of rotatable bonds is 8. The van der Waals surface area contributed by atoms with E-state index in [2.05, 4.69) is 11.9 Å². The fourth-order valence-corrected chi connectivity index (χ4v) is 5.85. The monoisotopic (exact) mass is 505 g/mol. The van der Waals surface area contributed by atoms with Crippen LogP contribution in [-0.2, 0) is 18.4 Å². The van der Waals surface area contributed by atoms with Crippen molar-refractivity contribution in [3.05, 3.63) is 55.7 Å². The van der Waals surface area contributed by atoms with E-state index >= 15 is 0 Å². The van der Waals surface area contributed by atoms with Gasteiger partial charge in [-0.3, -0.25) is 9.59 Å². The molecule has 34 heavy (non-hydrogen) atoms. The number of hydrogen-bond acceptors (Lipinski definition) is 4. The highest BCUT2D eigenvalue weighted by Crippen LogP contribution is 2.46. The summed E-state index contributed by atoms with van der Waals surface area (Å²) in [5.41, 5.74) is 0.584. The molecule has 1 fully saturated rings. The Morgan fingerprint density at radius 1 is 1.15 bits per heavy atom. The SMILES string of the molecule is CCCCOc1c2n(c(CC3(c4cc(Cl)ccc4Cl)CCCC3)nc1=O)CCN(C(C)C)C2=O. The van der Waals surface area contributed by atoms with Crippen LogP contribution in [0.4, 0.5) is 0 Å². The Kier molecular flexibility index (Phi) is 7.58. The number of amides is 1. The Labute approximate surface area is 211 Å². The molecule has 0 radical (unpaired) electrons. The second kappa shape index (κ2) is 10.3. The number of halogens is 2. The molecule has 1 aromatic heterocycles. The second-order valence-electron chi connectivity index (χ2n) is 9.75. The zero-order chi connectivity index (χ0) is 24.5. The van der Waals surface area contributed by atoms with E-state index in [1.807, 2.05) is 30.5 Å². The second-order valence-corrected chi connectivity index (χ2v) is 10.6. The molecular formula is C26H33Cl2N3O3. The molecule has 8 heteroatoms. The predicted octanol–water partition coefficient (Wildman–Crippen LogP) is 5.65. The molecule has 184 valence electrons. The number of nitrogens with zero attached hydrogens (tertiary/aromatic N) is 3. The van der Waals surface area contributed by atoms with Crippen LogP contribution in [0.2, 0.25) is 10.0 Å². The van der Waals surface area contributed by atoms with Gasteiger partial charge < -0.3 is 14.2 Å². The van der Waals surface area contributed by atoms with Gasteiger partial charge in [-0.2, -0.15) is 4.98 Å². The Bertz CT molecular complexity index is 1120. The van der Waals surface area contributed by atoms with Crippen molar-refractivity contribution in [3.8, 4) is 5.75 Å². The topological polar surface area (TPSA) is 64.4 Å². The molecule has 0 unspecified atom stereocenters. The van der Waals surface area contributed by atoms with Crippen LogP contribution >= 0.6 is 23.2 Å². The van der Waals surface area contributed by atoms with Crippen molar-refractivity contribution in [2.24, 2.45) is 0 Å². The highest BCUT2D eigenvalue weighted by molar-refractivity contribution is 6.33. The lowest BCUT2D eigenvalue weighted by Crippen LogP contribution is -2.47. The van der Waals surface area contributed by atoms with Crippen molar-refractivity contribution < 1.29 is 9.53 Å². The summed E-state index contributed by atoms with van der Waals surface area (Å²) in [4.78, 5) is 33.0. The summed E-state index contributed by atoms with van der Waals surface area (Å²) in [6.45, 7) is 7.56.